The van der Waals surface area contributed by atoms with E-state index in [4.69, 9.17) is 0 Å². The van der Waals surface area contributed by atoms with Crippen LogP contribution >= 0.6 is 0 Å². The quantitative estimate of drug-likeness (QED) is 0.615. The summed E-state index contributed by atoms with van der Waals surface area (Å²) in [5, 5.41) is 11.9. The molecule has 2 rings (SSSR count). The molecule has 6 nitrogen and oxygen atoms in total. The Balaban J connectivity index is 1.71. The number of tetrazole rings is 1. The smallest absolute Gasteiger partial charge is 0.222 e. The normalized spacial score (nSPS) is 15.6. The highest BCUT2D eigenvalue weighted by Crippen LogP contribution is 2.23. The Morgan fingerprint density at radius 2 is 1.96 bits per heavy atom. The van der Waals surface area contributed by atoms with Crippen LogP contribution < -0.4 is 0 Å². The highest BCUT2D eigenvalue weighted by Gasteiger charge is 2.23. The minimum Gasteiger partial charge on any atom is -0.340 e. The van der Waals surface area contributed by atoms with E-state index in [0.717, 1.165) is 51.0 Å². The standard InChI is InChI=1S/C18H33N5O/c1-3-5-15-23-17(19-20-21-23)13-9-10-14-18(24)22(4-2)16-11-7-6-8-12-16/h16H,3-15H2,1-2H3. The molecule has 0 aliphatic heterocycles. The lowest BCUT2D eigenvalue weighted by molar-refractivity contribution is -0.134. The minimum atomic E-state index is 0.329. The van der Waals surface area contributed by atoms with Crippen molar-refractivity contribution >= 4 is 5.91 Å². The van der Waals surface area contributed by atoms with Crippen LogP contribution in [0.15, 0.2) is 0 Å². The Kier molecular flexibility index (Phi) is 8.19. The third-order valence-electron chi connectivity index (χ3n) is 5.05. The molecule has 0 atom stereocenters. The number of unbranched alkanes of at least 4 members (excludes halogenated alkanes) is 2. The maximum absolute atomic E-state index is 12.5. The number of aryl methyl sites for hydroxylation is 2. The topological polar surface area (TPSA) is 63.9 Å². The molecule has 1 heterocycles. The largest absolute Gasteiger partial charge is 0.340 e. The number of hydrogen-bond donors (Lipinski definition) is 0. The monoisotopic (exact) mass is 335 g/mol. The van der Waals surface area contributed by atoms with Gasteiger partial charge >= 0.3 is 0 Å². The summed E-state index contributed by atoms with van der Waals surface area (Å²) < 4.78 is 1.91. The molecule has 0 unspecified atom stereocenters. The van der Waals surface area contributed by atoms with Gasteiger partial charge in [0.1, 0.15) is 0 Å². The molecule has 0 radical (unpaired) electrons. The van der Waals surface area contributed by atoms with Gasteiger partial charge in [0, 0.05) is 32.0 Å². The molecular formula is C18H33N5O. The van der Waals surface area contributed by atoms with Crippen molar-refractivity contribution in [3.05, 3.63) is 5.82 Å². The fourth-order valence-corrected chi connectivity index (χ4v) is 3.62. The highest BCUT2D eigenvalue weighted by molar-refractivity contribution is 5.76. The van der Waals surface area contributed by atoms with Gasteiger partial charge < -0.3 is 4.90 Å². The summed E-state index contributed by atoms with van der Waals surface area (Å²) in [5.74, 6) is 1.28. The van der Waals surface area contributed by atoms with Crippen LogP contribution in [0.4, 0.5) is 0 Å². The van der Waals surface area contributed by atoms with E-state index in [1.54, 1.807) is 0 Å². The Labute approximate surface area is 146 Å². The minimum absolute atomic E-state index is 0.329. The van der Waals surface area contributed by atoms with Crippen LogP contribution in [-0.2, 0) is 17.8 Å². The molecule has 0 aromatic carbocycles. The lowest BCUT2D eigenvalue weighted by Crippen LogP contribution is -2.41. The summed E-state index contributed by atoms with van der Waals surface area (Å²) in [6.07, 6.45) is 11.9. The number of amides is 1. The molecule has 0 saturated heterocycles. The SMILES string of the molecule is CCCCn1nnnc1CCCCC(=O)N(CC)C1CCCCC1. The van der Waals surface area contributed by atoms with E-state index in [0.29, 0.717) is 18.4 Å². The Morgan fingerprint density at radius 3 is 2.67 bits per heavy atom. The van der Waals surface area contributed by atoms with E-state index in [-0.39, 0.29) is 0 Å². The second kappa shape index (κ2) is 10.4. The van der Waals surface area contributed by atoms with Crippen molar-refractivity contribution in [2.24, 2.45) is 0 Å². The van der Waals surface area contributed by atoms with E-state index < -0.39 is 0 Å². The van der Waals surface area contributed by atoms with Crippen molar-refractivity contribution in [1.29, 1.82) is 0 Å². The zero-order valence-electron chi connectivity index (χ0n) is 15.4. The van der Waals surface area contributed by atoms with E-state index in [2.05, 4.69) is 34.3 Å². The molecule has 1 amide bonds. The average Bonchev–Trinajstić information content (AvgIpc) is 3.06. The number of hydrogen-bond acceptors (Lipinski definition) is 4. The van der Waals surface area contributed by atoms with Crippen LogP contribution in [0, 0.1) is 0 Å². The Bertz CT molecular complexity index is 482. The lowest BCUT2D eigenvalue weighted by atomic mass is 9.94. The van der Waals surface area contributed by atoms with E-state index in [1.807, 2.05) is 4.68 Å². The number of rotatable bonds is 10. The fraction of sp³-hybridized carbons (Fsp3) is 0.889. The second-order valence-corrected chi connectivity index (χ2v) is 6.85. The van der Waals surface area contributed by atoms with Crippen LogP contribution in [0.25, 0.3) is 0 Å². The van der Waals surface area contributed by atoms with Crippen molar-refractivity contribution < 1.29 is 4.79 Å². The Morgan fingerprint density at radius 1 is 1.17 bits per heavy atom. The van der Waals surface area contributed by atoms with E-state index in [9.17, 15) is 4.79 Å². The first-order chi connectivity index (χ1) is 11.8. The third-order valence-corrected chi connectivity index (χ3v) is 5.05. The van der Waals surface area contributed by atoms with Crippen molar-refractivity contribution in [2.75, 3.05) is 6.54 Å². The number of carbonyl (C=O) groups excluding carboxylic acids is 1. The van der Waals surface area contributed by atoms with Gasteiger partial charge in [0.15, 0.2) is 5.82 Å². The summed E-state index contributed by atoms with van der Waals surface area (Å²) >= 11 is 0. The van der Waals surface area contributed by atoms with Gasteiger partial charge in [0.2, 0.25) is 5.91 Å². The van der Waals surface area contributed by atoms with Crippen molar-refractivity contribution in [1.82, 2.24) is 25.1 Å². The molecule has 0 spiro atoms. The van der Waals surface area contributed by atoms with Crippen molar-refractivity contribution in [3.8, 4) is 0 Å². The number of aromatic nitrogens is 4. The molecule has 1 aromatic heterocycles. The van der Waals surface area contributed by atoms with E-state index in [1.165, 1.54) is 32.1 Å². The number of carbonyl (C=O) groups is 1. The molecule has 6 heteroatoms. The zero-order valence-corrected chi connectivity index (χ0v) is 15.4. The molecule has 136 valence electrons. The Hall–Kier alpha value is -1.46. The summed E-state index contributed by atoms with van der Waals surface area (Å²) in [5.41, 5.74) is 0. The van der Waals surface area contributed by atoms with Crippen LogP contribution in [0.5, 0.6) is 0 Å². The van der Waals surface area contributed by atoms with Crippen molar-refractivity contribution in [2.45, 2.75) is 97.1 Å². The number of nitrogens with zero attached hydrogens (tertiary/aromatic N) is 5. The van der Waals surface area contributed by atoms with Gasteiger partial charge in [-0.3, -0.25) is 4.79 Å². The summed E-state index contributed by atoms with van der Waals surface area (Å²) in [7, 11) is 0. The van der Waals surface area contributed by atoms with Crippen LogP contribution in [0.1, 0.15) is 83.9 Å². The van der Waals surface area contributed by atoms with Crippen molar-refractivity contribution in [3.63, 3.8) is 0 Å². The molecule has 1 fully saturated rings. The predicted molar refractivity (Wildman–Crippen MR) is 94.5 cm³/mol. The zero-order chi connectivity index (χ0) is 17.2. The molecule has 1 saturated carbocycles. The lowest BCUT2D eigenvalue weighted by Gasteiger charge is -2.33. The van der Waals surface area contributed by atoms with Gasteiger partial charge in [0.25, 0.3) is 0 Å². The molecular weight excluding hydrogens is 302 g/mol. The summed E-state index contributed by atoms with van der Waals surface area (Å²) in [6, 6.07) is 0.484. The molecule has 0 N–H and O–H groups in total. The molecule has 24 heavy (non-hydrogen) atoms. The maximum Gasteiger partial charge on any atom is 0.222 e. The highest BCUT2D eigenvalue weighted by atomic mass is 16.2. The maximum atomic E-state index is 12.5. The van der Waals surface area contributed by atoms with Gasteiger partial charge in [-0.15, -0.1) is 5.10 Å². The summed E-state index contributed by atoms with van der Waals surface area (Å²) in [4.78, 5) is 14.6. The van der Waals surface area contributed by atoms with Gasteiger partial charge in [0.05, 0.1) is 0 Å². The third kappa shape index (κ3) is 5.56. The fourth-order valence-electron chi connectivity index (χ4n) is 3.62. The molecule has 1 aliphatic rings. The van der Waals surface area contributed by atoms with Gasteiger partial charge in [-0.25, -0.2) is 4.68 Å². The van der Waals surface area contributed by atoms with Gasteiger partial charge in [-0.05, 0) is 49.5 Å². The molecule has 0 bridgehead atoms. The average molecular weight is 335 g/mol. The van der Waals surface area contributed by atoms with Crippen LogP contribution in [-0.4, -0.2) is 43.6 Å². The molecule has 1 aliphatic carbocycles. The second-order valence-electron chi connectivity index (χ2n) is 6.85. The molecule has 1 aromatic rings. The van der Waals surface area contributed by atoms with Gasteiger partial charge in [-0.2, -0.15) is 0 Å². The van der Waals surface area contributed by atoms with Crippen LogP contribution in [0.2, 0.25) is 0 Å². The van der Waals surface area contributed by atoms with Gasteiger partial charge in [-0.1, -0.05) is 32.6 Å². The first kappa shape index (κ1) is 18.9. The van der Waals surface area contributed by atoms with E-state index >= 15 is 0 Å². The first-order valence-corrected chi connectivity index (χ1v) is 9.80. The predicted octanol–water partition coefficient (Wildman–Crippen LogP) is 3.37. The first-order valence-electron chi connectivity index (χ1n) is 9.80. The van der Waals surface area contributed by atoms with Crippen LogP contribution in [0.3, 0.4) is 0 Å². The summed E-state index contributed by atoms with van der Waals surface area (Å²) in [6.45, 7) is 6.01.